The lowest BCUT2D eigenvalue weighted by atomic mass is 10.1. The molecule has 0 unspecified atom stereocenters. The molecular weight excluding hydrogens is 264 g/mol. The van der Waals surface area contributed by atoms with Crippen LogP contribution in [0, 0.1) is 18.3 Å². The number of aryl methyl sites for hydroxylation is 1. The number of rotatable bonds is 6. The summed E-state index contributed by atoms with van der Waals surface area (Å²) < 4.78 is 11.3. The van der Waals surface area contributed by atoms with Crippen molar-refractivity contribution in [1.82, 2.24) is 0 Å². The summed E-state index contributed by atoms with van der Waals surface area (Å²) in [5.74, 6) is 1.51. The largest absolute Gasteiger partial charge is 0.493 e. The summed E-state index contributed by atoms with van der Waals surface area (Å²) in [6.07, 6.45) is 0.755. The SMILES string of the molecule is Cc1ccc(C#N)cc1OCCCOc1cccc(N)c1. The second-order valence-corrected chi connectivity index (χ2v) is 4.72. The third kappa shape index (κ3) is 4.43. The number of nitriles is 1. The van der Waals surface area contributed by atoms with Crippen LogP contribution in [0.3, 0.4) is 0 Å². The van der Waals surface area contributed by atoms with Crippen molar-refractivity contribution in [2.45, 2.75) is 13.3 Å². The summed E-state index contributed by atoms with van der Waals surface area (Å²) in [6.45, 7) is 3.05. The fourth-order valence-corrected chi connectivity index (χ4v) is 1.86. The first kappa shape index (κ1) is 14.7. The van der Waals surface area contributed by atoms with E-state index in [1.165, 1.54) is 0 Å². The topological polar surface area (TPSA) is 68.3 Å². The van der Waals surface area contributed by atoms with Crippen LogP contribution in [0.2, 0.25) is 0 Å². The van der Waals surface area contributed by atoms with E-state index in [0.717, 1.165) is 23.5 Å². The highest BCUT2D eigenvalue weighted by Gasteiger charge is 2.01. The molecule has 0 heterocycles. The Bertz CT molecular complexity index is 647. The number of nitrogens with zero attached hydrogens (tertiary/aromatic N) is 1. The second kappa shape index (κ2) is 7.20. The molecule has 108 valence electrons. The number of hydrogen-bond acceptors (Lipinski definition) is 4. The van der Waals surface area contributed by atoms with Crippen molar-refractivity contribution in [3.63, 3.8) is 0 Å². The molecule has 2 aromatic rings. The Kier molecular flexibility index (Phi) is 5.05. The second-order valence-electron chi connectivity index (χ2n) is 4.72. The van der Waals surface area contributed by atoms with Crippen LogP contribution in [0.1, 0.15) is 17.5 Å². The van der Waals surface area contributed by atoms with E-state index in [-0.39, 0.29) is 0 Å². The van der Waals surface area contributed by atoms with E-state index in [1.807, 2.05) is 31.2 Å². The lowest BCUT2D eigenvalue weighted by molar-refractivity contribution is 0.246. The van der Waals surface area contributed by atoms with Crippen molar-refractivity contribution in [2.75, 3.05) is 18.9 Å². The molecule has 0 aliphatic heterocycles. The van der Waals surface area contributed by atoms with Crippen LogP contribution in [0.15, 0.2) is 42.5 Å². The Labute approximate surface area is 124 Å². The van der Waals surface area contributed by atoms with Crippen molar-refractivity contribution in [1.29, 1.82) is 5.26 Å². The zero-order chi connectivity index (χ0) is 15.1. The molecule has 0 aliphatic carbocycles. The van der Waals surface area contributed by atoms with Gasteiger partial charge in [0.25, 0.3) is 0 Å². The maximum absolute atomic E-state index is 8.88. The molecule has 0 aliphatic rings. The van der Waals surface area contributed by atoms with E-state index in [2.05, 4.69) is 6.07 Å². The predicted molar refractivity (Wildman–Crippen MR) is 82.4 cm³/mol. The number of benzene rings is 2. The van der Waals surface area contributed by atoms with E-state index in [1.54, 1.807) is 18.2 Å². The molecule has 2 rings (SSSR count). The molecule has 0 radical (unpaired) electrons. The van der Waals surface area contributed by atoms with Gasteiger partial charge in [-0.15, -0.1) is 0 Å². The van der Waals surface area contributed by atoms with Crippen molar-refractivity contribution in [2.24, 2.45) is 0 Å². The normalized spacial score (nSPS) is 9.90. The zero-order valence-electron chi connectivity index (χ0n) is 12.0. The van der Waals surface area contributed by atoms with Crippen LogP contribution in [0.5, 0.6) is 11.5 Å². The number of nitrogen functional groups attached to an aromatic ring is 1. The molecule has 0 aromatic heterocycles. The Morgan fingerprint density at radius 3 is 2.67 bits per heavy atom. The summed E-state index contributed by atoms with van der Waals surface area (Å²) in [4.78, 5) is 0. The van der Waals surface area contributed by atoms with Gasteiger partial charge in [-0.25, -0.2) is 0 Å². The van der Waals surface area contributed by atoms with Crippen LogP contribution in [-0.4, -0.2) is 13.2 Å². The molecule has 0 saturated carbocycles. The first-order valence-corrected chi connectivity index (χ1v) is 6.81. The first-order chi connectivity index (χ1) is 10.2. The van der Waals surface area contributed by atoms with Gasteiger partial charge in [-0.05, 0) is 36.8 Å². The minimum Gasteiger partial charge on any atom is -0.493 e. The van der Waals surface area contributed by atoms with E-state index < -0.39 is 0 Å². The molecule has 0 fully saturated rings. The lowest BCUT2D eigenvalue weighted by Gasteiger charge is -2.10. The van der Waals surface area contributed by atoms with Crippen molar-refractivity contribution >= 4 is 5.69 Å². The highest BCUT2D eigenvalue weighted by Crippen LogP contribution is 2.19. The molecule has 21 heavy (non-hydrogen) atoms. The minimum atomic E-state index is 0.540. The summed E-state index contributed by atoms with van der Waals surface area (Å²) >= 11 is 0. The molecule has 4 heteroatoms. The molecular formula is C17H18N2O2. The highest BCUT2D eigenvalue weighted by molar-refractivity contribution is 5.43. The standard InChI is InChI=1S/C17H18N2O2/c1-13-6-7-14(12-18)10-17(13)21-9-3-8-20-16-5-2-4-15(19)11-16/h2,4-7,10-11H,3,8-9,19H2,1H3. The van der Waals surface area contributed by atoms with Crippen molar-refractivity contribution in [3.8, 4) is 17.6 Å². The molecule has 0 bridgehead atoms. The Balaban J connectivity index is 1.76. The first-order valence-electron chi connectivity index (χ1n) is 6.81. The lowest BCUT2D eigenvalue weighted by Crippen LogP contribution is -2.06. The number of ether oxygens (including phenoxy) is 2. The average Bonchev–Trinajstić information content (AvgIpc) is 2.49. The third-order valence-electron chi connectivity index (χ3n) is 2.99. The maximum Gasteiger partial charge on any atom is 0.123 e. The third-order valence-corrected chi connectivity index (χ3v) is 2.99. The summed E-state index contributed by atoms with van der Waals surface area (Å²) in [5.41, 5.74) is 7.99. The fourth-order valence-electron chi connectivity index (χ4n) is 1.86. The van der Waals surface area contributed by atoms with Crippen molar-refractivity contribution in [3.05, 3.63) is 53.6 Å². The Morgan fingerprint density at radius 2 is 1.90 bits per heavy atom. The van der Waals surface area contributed by atoms with Crippen molar-refractivity contribution < 1.29 is 9.47 Å². The number of hydrogen-bond donors (Lipinski definition) is 1. The monoisotopic (exact) mass is 282 g/mol. The van der Waals surface area contributed by atoms with E-state index in [9.17, 15) is 0 Å². The van der Waals surface area contributed by atoms with Crippen LogP contribution in [0.25, 0.3) is 0 Å². The summed E-state index contributed by atoms with van der Waals surface area (Å²) in [6, 6.07) is 14.9. The minimum absolute atomic E-state index is 0.540. The van der Waals surface area contributed by atoms with Gasteiger partial charge in [0.1, 0.15) is 11.5 Å². The van der Waals surface area contributed by atoms with Crippen LogP contribution in [-0.2, 0) is 0 Å². The maximum atomic E-state index is 8.88. The highest BCUT2D eigenvalue weighted by atomic mass is 16.5. The zero-order valence-corrected chi connectivity index (χ0v) is 12.0. The van der Waals surface area contributed by atoms with Gasteiger partial charge in [-0.3, -0.25) is 0 Å². The molecule has 0 atom stereocenters. The van der Waals surface area contributed by atoms with E-state index in [4.69, 9.17) is 20.5 Å². The van der Waals surface area contributed by atoms with Gasteiger partial charge in [-0.2, -0.15) is 5.26 Å². The molecule has 2 N–H and O–H groups in total. The van der Waals surface area contributed by atoms with Gasteiger partial charge in [0, 0.05) is 18.2 Å². The Morgan fingerprint density at radius 1 is 1.10 bits per heavy atom. The fraction of sp³-hybridized carbons (Fsp3) is 0.235. The molecule has 4 nitrogen and oxygen atoms in total. The predicted octanol–water partition coefficient (Wildman–Crippen LogP) is 3.30. The average molecular weight is 282 g/mol. The molecule has 2 aromatic carbocycles. The van der Waals surface area contributed by atoms with Gasteiger partial charge in [-0.1, -0.05) is 12.1 Å². The molecule has 0 spiro atoms. The Hall–Kier alpha value is -2.67. The van der Waals surface area contributed by atoms with Gasteiger partial charge in [0.2, 0.25) is 0 Å². The van der Waals surface area contributed by atoms with Gasteiger partial charge >= 0.3 is 0 Å². The smallest absolute Gasteiger partial charge is 0.123 e. The molecule has 0 amide bonds. The van der Waals surface area contributed by atoms with Crippen LogP contribution in [0.4, 0.5) is 5.69 Å². The molecule has 0 saturated heterocycles. The number of anilines is 1. The summed E-state index contributed by atoms with van der Waals surface area (Å²) in [7, 11) is 0. The quantitative estimate of drug-likeness (QED) is 0.652. The summed E-state index contributed by atoms with van der Waals surface area (Å²) in [5, 5.41) is 8.88. The van der Waals surface area contributed by atoms with E-state index in [0.29, 0.717) is 24.5 Å². The van der Waals surface area contributed by atoms with Crippen LogP contribution >= 0.6 is 0 Å². The van der Waals surface area contributed by atoms with E-state index >= 15 is 0 Å². The van der Waals surface area contributed by atoms with Gasteiger partial charge in [0.15, 0.2) is 0 Å². The van der Waals surface area contributed by atoms with Crippen LogP contribution < -0.4 is 15.2 Å². The number of nitrogens with two attached hydrogens (primary N) is 1. The van der Waals surface area contributed by atoms with Gasteiger partial charge < -0.3 is 15.2 Å². The van der Waals surface area contributed by atoms with Gasteiger partial charge in [0.05, 0.1) is 24.8 Å².